The second-order valence-electron chi connectivity index (χ2n) is 1.27. The number of carbonyl (C=O) groups is 1. The van der Waals surface area contributed by atoms with Crippen LogP contribution in [0.2, 0.25) is 0 Å². The topological polar surface area (TPSA) is 17.1 Å². The molecule has 0 saturated heterocycles. The molecule has 0 rings (SSSR count). The van der Waals surface area contributed by atoms with Crippen LogP contribution in [-0.4, -0.2) is 11.6 Å². The summed E-state index contributed by atoms with van der Waals surface area (Å²) in [5.41, 5.74) is 0. The van der Waals surface area contributed by atoms with Crippen molar-refractivity contribution in [1.29, 1.82) is 0 Å². The Labute approximate surface area is 45.9 Å². The van der Waals surface area contributed by atoms with E-state index in [0.717, 1.165) is 11.6 Å². The van der Waals surface area contributed by atoms with Crippen LogP contribution in [0.25, 0.3) is 0 Å². The van der Waals surface area contributed by atoms with Crippen LogP contribution in [0, 0.1) is 5.92 Å². The standard InChI is InChI=1S/C4H7BrO/c1-4(2-5)3-6/h3-4H,2H2,1H3/t4-/m0/s1. The van der Waals surface area contributed by atoms with Crippen LogP contribution < -0.4 is 0 Å². The van der Waals surface area contributed by atoms with Gasteiger partial charge in [0.25, 0.3) is 0 Å². The molecule has 0 unspecified atom stereocenters. The summed E-state index contributed by atoms with van der Waals surface area (Å²) in [6, 6.07) is 0. The van der Waals surface area contributed by atoms with Crippen molar-refractivity contribution >= 4 is 22.2 Å². The Bertz CT molecular complexity index is 44.8. The molecule has 0 radical (unpaired) electrons. The third-order valence-electron chi connectivity index (χ3n) is 0.476. The van der Waals surface area contributed by atoms with E-state index in [0.29, 0.717) is 0 Å². The molecule has 0 aromatic carbocycles. The van der Waals surface area contributed by atoms with Gasteiger partial charge in [0.05, 0.1) is 0 Å². The van der Waals surface area contributed by atoms with Crippen molar-refractivity contribution < 1.29 is 4.79 Å². The fraction of sp³-hybridized carbons (Fsp3) is 0.750. The van der Waals surface area contributed by atoms with Gasteiger partial charge in [-0.25, -0.2) is 0 Å². The zero-order valence-corrected chi connectivity index (χ0v) is 5.23. The molecule has 0 heterocycles. The first-order valence-corrected chi connectivity index (χ1v) is 2.94. The normalized spacial score (nSPS) is 13.7. The number of rotatable bonds is 2. The van der Waals surface area contributed by atoms with E-state index < -0.39 is 0 Å². The maximum Gasteiger partial charge on any atom is 0.123 e. The van der Waals surface area contributed by atoms with Crippen LogP contribution in [0.5, 0.6) is 0 Å². The Kier molecular flexibility index (Phi) is 3.43. The van der Waals surface area contributed by atoms with Crippen molar-refractivity contribution in [1.82, 2.24) is 0 Å². The molecule has 1 atom stereocenters. The second-order valence-corrected chi connectivity index (χ2v) is 1.92. The minimum atomic E-state index is 0.171. The zero-order chi connectivity index (χ0) is 4.99. The van der Waals surface area contributed by atoms with E-state index >= 15 is 0 Å². The fourth-order valence-electron chi connectivity index (χ4n) is 0.0364. The fourth-order valence-corrected chi connectivity index (χ4v) is 0.189. The lowest BCUT2D eigenvalue weighted by molar-refractivity contribution is -0.110. The molecule has 0 aliphatic carbocycles. The first kappa shape index (κ1) is 6.15. The van der Waals surface area contributed by atoms with Gasteiger partial charge in [-0.1, -0.05) is 22.9 Å². The Balaban J connectivity index is 2.96. The van der Waals surface area contributed by atoms with Crippen LogP contribution in [0.4, 0.5) is 0 Å². The molecule has 0 aromatic rings. The molecule has 6 heavy (non-hydrogen) atoms. The molecule has 36 valence electrons. The van der Waals surface area contributed by atoms with Crippen LogP contribution >= 0.6 is 15.9 Å². The summed E-state index contributed by atoms with van der Waals surface area (Å²) in [6.07, 6.45) is 0.925. The molecule has 0 saturated carbocycles. The summed E-state index contributed by atoms with van der Waals surface area (Å²) in [4.78, 5) is 9.71. The molecule has 0 amide bonds. The monoisotopic (exact) mass is 150 g/mol. The van der Waals surface area contributed by atoms with E-state index in [1.165, 1.54) is 0 Å². The zero-order valence-electron chi connectivity index (χ0n) is 3.65. The third kappa shape index (κ3) is 2.39. The number of aldehydes is 1. The largest absolute Gasteiger partial charge is 0.303 e. The summed E-state index contributed by atoms with van der Waals surface area (Å²) in [5, 5.41) is 0.774. The summed E-state index contributed by atoms with van der Waals surface area (Å²) in [5.74, 6) is 0.171. The first-order valence-electron chi connectivity index (χ1n) is 1.82. The Hall–Kier alpha value is 0.150. The van der Waals surface area contributed by atoms with E-state index in [1.807, 2.05) is 6.92 Å². The third-order valence-corrected chi connectivity index (χ3v) is 1.50. The van der Waals surface area contributed by atoms with Crippen LogP contribution in [0.15, 0.2) is 0 Å². The molecule has 0 bridgehead atoms. The van der Waals surface area contributed by atoms with Gasteiger partial charge in [0.2, 0.25) is 0 Å². The lowest BCUT2D eigenvalue weighted by Gasteiger charge is -1.87. The highest BCUT2D eigenvalue weighted by molar-refractivity contribution is 9.09. The molecular formula is C4H7BrO. The van der Waals surface area contributed by atoms with Crippen LogP contribution in [-0.2, 0) is 4.79 Å². The lowest BCUT2D eigenvalue weighted by Crippen LogP contribution is -1.93. The molecular weight excluding hydrogens is 144 g/mol. The highest BCUT2D eigenvalue weighted by Gasteiger charge is 1.90. The molecule has 0 aromatic heterocycles. The molecule has 1 nitrogen and oxygen atoms in total. The maximum absolute atomic E-state index is 9.71. The van der Waals surface area contributed by atoms with E-state index in [4.69, 9.17) is 0 Å². The summed E-state index contributed by atoms with van der Waals surface area (Å²) in [6.45, 7) is 1.86. The van der Waals surface area contributed by atoms with Gasteiger partial charge < -0.3 is 4.79 Å². The average Bonchev–Trinajstić information content (AvgIpc) is 1.65. The van der Waals surface area contributed by atoms with Crippen molar-refractivity contribution in [3.8, 4) is 0 Å². The van der Waals surface area contributed by atoms with Crippen molar-refractivity contribution in [3.63, 3.8) is 0 Å². The number of alkyl halides is 1. The number of halogens is 1. The average molecular weight is 151 g/mol. The molecule has 2 heteroatoms. The SMILES string of the molecule is C[C@H](C=O)CBr. The van der Waals surface area contributed by atoms with Crippen molar-refractivity contribution in [3.05, 3.63) is 0 Å². The highest BCUT2D eigenvalue weighted by atomic mass is 79.9. The molecule has 0 fully saturated rings. The smallest absolute Gasteiger partial charge is 0.123 e. The quantitative estimate of drug-likeness (QED) is 0.428. The first-order chi connectivity index (χ1) is 2.81. The van der Waals surface area contributed by atoms with Gasteiger partial charge in [-0.2, -0.15) is 0 Å². The Morgan fingerprint density at radius 2 is 2.50 bits per heavy atom. The van der Waals surface area contributed by atoms with Crippen LogP contribution in [0.3, 0.4) is 0 Å². The maximum atomic E-state index is 9.71. The van der Waals surface area contributed by atoms with Crippen molar-refractivity contribution in [2.45, 2.75) is 6.92 Å². The van der Waals surface area contributed by atoms with Crippen molar-refractivity contribution in [2.24, 2.45) is 5.92 Å². The van der Waals surface area contributed by atoms with Gasteiger partial charge in [0, 0.05) is 11.2 Å². The van der Waals surface area contributed by atoms with Gasteiger partial charge in [-0.3, -0.25) is 0 Å². The van der Waals surface area contributed by atoms with Gasteiger partial charge in [0.1, 0.15) is 6.29 Å². The number of carbonyl (C=O) groups excluding carboxylic acids is 1. The molecule has 0 aliphatic rings. The molecule has 0 spiro atoms. The predicted molar refractivity (Wildman–Crippen MR) is 29.0 cm³/mol. The Morgan fingerprint density at radius 1 is 2.00 bits per heavy atom. The van der Waals surface area contributed by atoms with E-state index in [1.54, 1.807) is 0 Å². The van der Waals surface area contributed by atoms with Gasteiger partial charge >= 0.3 is 0 Å². The van der Waals surface area contributed by atoms with E-state index in [2.05, 4.69) is 15.9 Å². The van der Waals surface area contributed by atoms with Gasteiger partial charge in [-0.15, -0.1) is 0 Å². The minimum Gasteiger partial charge on any atom is -0.303 e. The lowest BCUT2D eigenvalue weighted by atomic mass is 10.3. The second kappa shape index (κ2) is 3.34. The predicted octanol–water partition coefficient (Wildman–Crippen LogP) is 1.22. The number of hydrogen-bond donors (Lipinski definition) is 0. The summed E-state index contributed by atoms with van der Waals surface area (Å²) < 4.78 is 0. The van der Waals surface area contributed by atoms with E-state index in [9.17, 15) is 4.79 Å². The molecule has 0 aliphatic heterocycles. The van der Waals surface area contributed by atoms with Gasteiger partial charge in [-0.05, 0) is 0 Å². The summed E-state index contributed by atoms with van der Waals surface area (Å²) in [7, 11) is 0. The summed E-state index contributed by atoms with van der Waals surface area (Å²) >= 11 is 3.14. The number of hydrogen-bond acceptors (Lipinski definition) is 1. The molecule has 0 N–H and O–H groups in total. The minimum absolute atomic E-state index is 0.171. The van der Waals surface area contributed by atoms with Crippen LogP contribution in [0.1, 0.15) is 6.92 Å². The highest BCUT2D eigenvalue weighted by Crippen LogP contribution is 1.92. The Morgan fingerprint density at radius 3 is 2.50 bits per heavy atom. The van der Waals surface area contributed by atoms with E-state index in [-0.39, 0.29) is 5.92 Å². The van der Waals surface area contributed by atoms with Gasteiger partial charge in [0.15, 0.2) is 0 Å². The van der Waals surface area contributed by atoms with Crippen molar-refractivity contribution in [2.75, 3.05) is 5.33 Å².